The molecule has 0 spiro atoms. The van der Waals surface area contributed by atoms with E-state index < -0.39 is 11.4 Å². The summed E-state index contributed by atoms with van der Waals surface area (Å²) >= 11 is 0. The Labute approximate surface area is 139 Å². The molecule has 0 N–H and O–H groups in total. The van der Waals surface area contributed by atoms with Crippen LogP contribution in [0.25, 0.3) is 0 Å². The van der Waals surface area contributed by atoms with Crippen molar-refractivity contribution in [3.05, 3.63) is 23.2 Å². The van der Waals surface area contributed by atoms with Gasteiger partial charge in [0.15, 0.2) is 5.76 Å². The van der Waals surface area contributed by atoms with Crippen molar-refractivity contribution in [2.75, 3.05) is 6.61 Å². The van der Waals surface area contributed by atoms with Crippen LogP contribution in [-0.2, 0) is 14.9 Å². The van der Waals surface area contributed by atoms with Crippen molar-refractivity contribution < 1.29 is 23.5 Å². The van der Waals surface area contributed by atoms with Crippen LogP contribution < -0.4 is 0 Å². The van der Waals surface area contributed by atoms with Gasteiger partial charge in [-0.25, -0.2) is 4.79 Å². The van der Waals surface area contributed by atoms with Gasteiger partial charge in [0.05, 0.1) is 0 Å². The van der Waals surface area contributed by atoms with Gasteiger partial charge >= 0.3 is 5.97 Å². The Hall–Kier alpha value is -1.91. The van der Waals surface area contributed by atoms with E-state index in [1.165, 1.54) is 6.26 Å². The molecule has 5 rings (SSSR count). The van der Waals surface area contributed by atoms with Crippen molar-refractivity contribution in [1.82, 2.24) is 0 Å². The first-order valence-corrected chi connectivity index (χ1v) is 8.74. The average Bonchev–Trinajstić information content (AvgIpc) is 3.13. The molecular formula is C19H20O5. The number of esters is 1. The molecule has 5 nitrogen and oxygen atoms in total. The quantitative estimate of drug-likeness (QED) is 0.685. The summed E-state index contributed by atoms with van der Waals surface area (Å²) in [6, 6.07) is 0. The van der Waals surface area contributed by atoms with Crippen molar-refractivity contribution in [1.29, 1.82) is 0 Å². The summed E-state index contributed by atoms with van der Waals surface area (Å²) in [4.78, 5) is 37.7. The van der Waals surface area contributed by atoms with Crippen molar-refractivity contribution in [2.45, 2.75) is 44.9 Å². The number of ether oxygens (including phenoxy) is 1. The topological polar surface area (TPSA) is 73.6 Å². The Kier molecular flexibility index (Phi) is 2.52. The lowest BCUT2D eigenvalue weighted by molar-refractivity contribution is -0.130. The fourth-order valence-corrected chi connectivity index (χ4v) is 6.06. The molecule has 2 heterocycles. The molecule has 4 aliphatic rings. The molecule has 0 aromatic carbocycles. The molecule has 1 aromatic rings. The monoisotopic (exact) mass is 328 g/mol. The fourth-order valence-electron chi connectivity index (χ4n) is 6.06. The first-order valence-electron chi connectivity index (χ1n) is 8.74. The summed E-state index contributed by atoms with van der Waals surface area (Å²) in [6.45, 7) is 4.40. The number of fused-ring (bicyclic) bond motifs is 4. The minimum atomic E-state index is -0.402. The average molecular weight is 328 g/mol. The van der Waals surface area contributed by atoms with Crippen molar-refractivity contribution in [3.8, 4) is 0 Å². The van der Waals surface area contributed by atoms with Gasteiger partial charge in [0, 0.05) is 28.7 Å². The first kappa shape index (κ1) is 14.4. The molecule has 2 saturated carbocycles. The molecule has 2 fully saturated rings. The van der Waals surface area contributed by atoms with Gasteiger partial charge in [-0.15, -0.1) is 0 Å². The zero-order valence-electron chi connectivity index (χ0n) is 13.9. The van der Waals surface area contributed by atoms with Crippen molar-refractivity contribution in [3.63, 3.8) is 0 Å². The van der Waals surface area contributed by atoms with Crippen LogP contribution in [0.2, 0.25) is 0 Å². The van der Waals surface area contributed by atoms with Crippen LogP contribution in [0.4, 0.5) is 0 Å². The Morgan fingerprint density at radius 3 is 2.62 bits per heavy atom. The molecule has 5 heteroatoms. The van der Waals surface area contributed by atoms with Crippen LogP contribution in [0, 0.1) is 23.2 Å². The molecule has 3 aliphatic carbocycles. The van der Waals surface area contributed by atoms with Crippen LogP contribution in [0.1, 0.15) is 66.0 Å². The second kappa shape index (κ2) is 4.19. The second-order valence-corrected chi connectivity index (χ2v) is 8.37. The zero-order valence-corrected chi connectivity index (χ0v) is 13.9. The molecule has 24 heavy (non-hydrogen) atoms. The van der Waals surface area contributed by atoms with E-state index in [0.29, 0.717) is 23.5 Å². The van der Waals surface area contributed by atoms with Crippen LogP contribution in [0.5, 0.6) is 0 Å². The Balaban J connectivity index is 1.71. The number of hydrogen-bond donors (Lipinski definition) is 0. The SMILES string of the molecule is C[C@]12COC(=O)c3coc(c31)C(=O)C1C2CC[C@]2(C)C(=O)CCC12. The molecule has 5 atom stereocenters. The Morgan fingerprint density at radius 2 is 1.83 bits per heavy atom. The van der Waals surface area contributed by atoms with E-state index in [9.17, 15) is 14.4 Å². The van der Waals surface area contributed by atoms with Gasteiger partial charge in [-0.3, -0.25) is 9.59 Å². The highest BCUT2D eigenvalue weighted by Gasteiger charge is 2.64. The third-order valence-corrected chi connectivity index (χ3v) is 7.41. The van der Waals surface area contributed by atoms with Gasteiger partial charge in [0.1, 0.15) is 24.2 Å². The van der Waals surface area contributed by atoms with Crippen molar-refractivity contribution in [2.24, 2.45) is 23.2 Å². The van der Waals surface area contributed by atoms with Crippen molar-refractivity contribution >= 4 is 17.5 Å². The number of furan rings is 1. The van der Waals surface area contributed by atoms with Gasteiger partial charge in [-0.1, -0.05) is 13.8 Å². The fraction of sp³-hybridized carbons (Fsp3) is 0.632. The summed E-state index contributed by atoms with van der Waals surface area (Å²) in [6.07, 6.45) is 4.35. The van der Waals surface area contributed by atoms with Crippen LogP contribution in [0.15, 0.2) is 10.7 Å². The highest BCUT2D eigenvalue weighted by Crippen LogP contribution is 2.62. The smallest absolute Gasteiger partial charge is 0.341 e. The number of ketones is 2. The number of Topliss-reactive ketones (excluding diaryl/α,β-unsaturated/α-hetero) is 2. The number of rotatable bonds is 0. The van der Waals surface area contributed by atoms with Gasteiger partial charge in [0.25, 0.3) is 0 Å². The van der Waals surface area contributed by atoms with E-state index >= 15 is 0 Å². The maximum atomic E-state index is 13.2. The van der Waals surface area contributed by atoms with E-state index in [-0.39, 0.29) is 35.6 Å². The molecule has 3 unspecified atom stereocenters. The predicted molar refractivity (Wildman–Crippen MR) is 82.7 cm³/mol. The Morgan fingerprint density at radius 1 is 1.08 bits per heavy atom. The van der Waals surface area contributed by atoms with Crippen LogP contribution in [0.3, 0.4) is 0 Å². The van der Waals surface area contributed by atoms with E-state index in [0.717, 1.165) is 24.8 Å². The summed E-state index contributed by atoms with van der Waals surface area (Å²) in [5.41, 5.74) is 0.377. The molecule has 1 aromatic heterocycles. The summed E-state index contributed by atoms with van der Waals surface area (Å²) in [7, 11) is 0. The summed E-state index contributed by atoms with van der Waals surface area (Å²) < 4.78 is 11.0. The maximum absolute atomic E-state index is 13.2. The lowest BCUT2D eigenvalue weighted by Crippen LogP contribution is -2.57. The molecule has 1 aliphatic heterocycles. The van der Waals surface area contributed by atoms with Gasteiger partial charge in [-0.2, -0.15) is 0 Å². The third kappa shape index (κ3) is 1.41. The molecule has 0 saturated heterocycles. The summed E-state index contributed by atoms with van der Waals surface area (Å²) in [5.74, 6) is 0.181. The molecule has 0 bridgehead atoms. The third-order valence-electron chi connectivity index (χ3n) is 7.41. The highest BCUT2D eigenvalue weighted by molar-refractivity contribution is 6.04. The van der Waals surface area contributed by atoms with E-state index in [1.807, 2.05) is 6.92 Å². The van der Waals surface area contributed by atoms with Gasteiger partial charge in [0.2, 0.25) is 5.78 Å². The number of carbonyl (C=O) groups excluding carboxylic acids is 3. The van der Waals surface area contributed by atoms with E-state index in [1.54, 1.807) is 0 Å². The normalized spacial score (nSPS) is 43.1. The van der Waals surface area contributed by atoms with Crippen LogP contribution in [-0.4, -0.2) is 24.1 Å². The van der Waals surface area contributed by atoms with Gasteiger partial charge < -0.3 is 9.15 Å². The molecule has 0 radical (unpaired) electrons. The first-order chi connectivity index (χ1) is 11.4. The Bertz CT molecular complexity index is 805. The number of carbonyl (C=O) groups is 3. The number of hydrogen-bond acceptors (Lipinski definition) is 5. The predicted octanol–water partition coefficient (Wildman–Crippen LogP) is 2.92. The highest BCUT2D eigenvalue weighted by atomic mass is 16.5. The minimum Gasteiger partial charge on any atom is -0.461 e. The van der Waals surface area contributed by atoms with Crippen LogP contribution >= 0.6 is 0 Å². The van der Waals surface area contributed by atoms with Gasteiger partial charge in [-0.05, 0) is 31.1 Å². The van der Waals surface area contributed by atoms with E-state index in [2.05, 4.69) is 6.92 Å². The second-order valence-electron chi connectivity index (χ2n) is 8.37. The molecular weight excluding hydrogens is 308 g/mol. The lowest BCUT2D eigenvalue weighted by atomic mass is 9.49. The van der Waals surface area contributed by atoms with E-state index in [4.69, 9.17) is 9.15 Å². The minimum absolute atomic E-state index is 0.0148. The maximum Gasteiger partial charge on any atom is 0.341 e. The summed E-state index contributed by atoms with van der Waals surface area (Å²) in [5, 5.41) is 0. The lowest BCUT2D eigenvalue weighted by Gasteiger charge is -2.53. The molecule has 126 valence electrons. The number of cyclic esters (lactones) is 1. The molecule has 0 amide bonds. The standard InChI is InChI=1S/C19H20O5/c1-18-6-5-11-13(10(18)3-4-12(18)20)15(21)16-14-9(7-23-16)17(22)24-8-19(11,14)2/h7,10-11,13H,3-6,8H2,1-2H3/t10?,11?,13?,18-,19+/m0/s1. The largest absolute Gasteiger partial charge is 0.461 e. The zero-order chi connectivity index (χ0) is 16.9.